The molecular formula is C15H12F3N3O5. The third-order valence-electron chi connectivity index (χ3n) is 3.15. The molecule has 1 aromatic heterocycles. The van der Waals surface area contributed by atoms with E-state index in [1.807, 2.05) is 0 Å². The minimum atomic E-state index is -4.69. The van der Waals surface area contributed by atoms with E-state index in [1.54, 1.807) is 5.10 Å². The number of ether oxygens (including phenoxy) is 2. The molecule has 2 rings (SSSR count). The molecule has 0 spiro atoms. The molecule has 0 aliphatic heterocycles. The fraction of sp³-hybridized carbons (Fsp3) is 0.200. The minimum Gasteiger partial charge on any atom is -0.465 e. The lowest BCUT2D eigenvalue weighted by Crippen LogP contribution is -2.14. The molecule has 1 amide bonds. The number of rotatable bonds is 4. The molecule has 0 fully saturated rings. The van der Waals surface area contributed by atoms with Gasteiger partial charge >= 0.3 is 18.1 Å². The zero-order chi connectivity index (χ0) is 19.5. The Morgan fingerprint density at radius 3 is 1.96 bits per heavy atom. The number of nitrogens with one attached hydrogen (secondary N) is 2. The number of carbonyl (C=O) groups excluding carboxylic acids is 3. The van der Waals surface area contributed by atoms with Crippen LogP contribution in [-0.2, 0) is 15.7 Å². The molecule has 11 heteroatoms. The van der Waals surface area contributed by atoms with Gasteiger partial charge in [-0.25, -0.2) is 9.59 Å². The number of aromatic amines is 1. The van der Waals surface area contributed by atoms with E-state index >= 15 is 0 Å². The molecule has 138 valence electrons. The number of alkyl halides is 3. The molecule has 26 heavy (non-hydrogen) atoms. The van der Waals surface area contributed by atoms with E-state index in [1.165, 1.54) is 18.2 Å². The quantitative estimate of drug-likeness (QED) is 0.798. The average Bonchev–Trinajstić information content (AvgIpc) is 3.10. The summed E-state index contributed by atoms with van der Waals surface area (Å²) in [6.07, 6.45) is -4.69. The maximum atomic E-state index is 12.5. The van der Waals surface area contributed by atoms with Crippen molar-refractivity contribution in [2.24, 2.45) is 0 Å². The Morgan fingerprint density at radius 1 is 1.00 bits per heavy atom. The van der Waals surface area contributed by atoms with E-state index < -0.39 is 35.4 Å². The largest absolute Gasteiger partial charge is 0.465 e. The first-order valence-electron chi connectivity index (χ1n) is 6.91. The normalized spacial score (nSPS) is 11.0. The Kier molecular flexibility index (Phi) is 5.29. The number of hydrogen-bond acceptors (Lipinski definition) is 6. The lowest BCUT2D eigenvalue weighted by molar-refractivity contribution is -0.141. The summed E-state index contributed by atoms with van der Waals surface area (Å²) in [5.74, 6) is -2.55. The molecule has 2 N–H and O–H groups in total. The number of aromatic nitrogens is 2. The van der Waals surface area contributed by atoms with Crippen LogP contribution in [0.2, 0.25) is 0 Å². The van der Waals surface area contributed by atoms with Gasteiger partial charge in [0, 0.05) is 11.8 Å². The topological polar surface area (TPSA) is 110 Å². The number of nitrogens with zero attached hydrogens (tertiary/aromatic N) is 1. The number of H-pyrrole nitrogens is 1. The highest BCUT2D eigenvalue weighted by Gasteiger charge is 2.33. The number of benzene rings is 1. The molecule has 0 saturated heterocycles. The second-order valence-electron chi connectivity index (χ2n) is 4.90. The summed E-state index contributed by atoms with van der Waals surface area (Å²) in [6, 6.07) is 4.09. The molecule has 0 aliphatic carbocycles. The molecule has 1 heterocycles. The van der Waals surface area contributed by atoms with E-state index in [4.69, 9.17) is 0 Å². The van der Waals surface area contributed by atoms with Crippen molar-refractivity contribution in [3.8, 4) is 0 Å². The second kappa shape index (κ2) is 7.25. The average molecular weight is 371 g/mol. The number of amides is 1. The van der Waals surface area contributed by atoms with Crippen molar-refractivity contribution in [3.05, 3.63) is 46.8 Å². The SMILES string of the molecule is COC(=O)c1cc(NC(=O)c2cc(C(F)(F)F)[nH]n2)cc(C(=O)OC)c1. The van der Waals surface area contributed by atoms with Crippen LogP contribution in [0.3, 0.4) is 0 Å². The lowest BCUT2D eigenvalue weighted by atomic mass is 10.1. The maximum Gasteiger partial charge on any atom is 0.432 e. The first-order valence-corrected chi connectivity index (χ1v) is 6.91. The summed E-state index contributed by atoms with van der Waals surface area (Å²) in [5, 5.41) is 7.25. The van der Waals surface area contributed by atoms with Gasteiger partial charge in [0.2, 0.25) is 0 Å². The summed E-state index contributed by atoms with van der Waals surface area (Å²) in [7, 11) is 2.24. The van der Waals surface area contributed by atoms with Gasteiger partial charge in [0.05, 0.1) is 25.3 Å². The molecule has 1 aromatic carbocycles. The van der Waals surface area contributed by atoms with Crippen molar-refractivity contribution in [1.82, 2.24) is 10.2 Å². The first-order chi connectivity index (χ1) is 12.2. The number of anilines is 1. The molecule has 0 aliphatic rings. The van der Waals surface area contributed by atoms with Crippen LogP contribution in [-0.4, -0.2) is 42.3 Å². The van der Waals surface area contributed by atoms with E-state index in [0.29, 0.717) is 6.07 Å². The number of halogens is 3. The molecule has 8 nitrogen and oxygen atoms in total. The summed E-state index contributed by atoms with van der Waals surface area (Å²) >= 11 is 0. The van der Waals surface area contributed by atoms with E-state index in [0.717, 1.165) is 14.2 Å². The third-order valence-corrected chi connectivity index (χ3v) is 3.15. The van der Waals surface area contributed by atoms with Crippen LogP contribution >= 0.6 is 0 Å². The van der Waals surface area contributed by atoms with Crippen LogP contribution in [0.15, 0.2) is 24.3 Å². The highest BCUT2D eigenvalue weighted by molar-refractivity contribution is 6.05. The van der Waals surface area contributed by atoms with Crippen LogP contribution in [0.1, 0.15) is 36.9 Å². The zero-order valence-electron chi connectivity index (χ0n) is 13.4. The van der Waals surface area contributed by atoms with Crippen LogP contribution in [0.4, 0.5) is 18.9 Å². The van der Waals surface area contributed by atoms with Gasteiger partial charge in [0.15, 0.2) is 5.69 Å². The van der Waals surface area contributed by atoms with Crippen LogP contribution in [0.25, 0.3) is 0 Å². The van der Waals surface area contributed by atoms with Gasteiger partial charge in [-0.1, -0.05) is 0 Å². The van der Waals surface area contributed by atoms with Gasteiger partial charge in [-0.2, -0.15) is 18.3 Å². The van der Waals surface area contributed by atoms with Gasteiger partial charge in [-0.05, 0) is 18.2 Å². The van der Waals surface area contributed by atoms with E-state index in [2.05, 4.69) is 19.9 Å². The Bertz CT molecular complexity index is 826. The van der Waals surface area contributed by atoms with Crippen molar-refractivity contribution in [1.29, 1.82) is 0 Å². The standard InChI is InChI=1S/C15H12F3N3O5/c1-25-13(23)7-3-8(14(24)26-2)5-9(4-7)19-12(22)10-6-11(21-20-10)15(16,17)18/h3-6H,1-2H3,(H,19,22)(H,20,21). The second-order valence-corrected chi connectivity index (χ2v) is 4.90. The predicted molar refractivity (Wildman–Crippen MR) is 80.7 cm³/mol. The fourth-order valence-electron chi connectivity index (χ4n) is 1.95. The molecule has 2 aromatic rings. The van der Waals surface area contributed by atoms with Gasteiger partial charge in [0.1, 0.15) is 5.69 Å². The fourth-order valence-corrected chi connectivity index (χ4v) is 1.95. The minimum absolute atomic E-state index is 0.0325. The summed E-state index contributed by atoms with van der Waals surface area (Å²) in [4.78, 5) is 35.4. The molecule has 0 bridgehead atoms. The van der Waals surface area contributed by atoms with Crippen molar-refractivity contribution >= 4 is 23.5 Å². The van der Waals surface area contributed by atoms with E-state index in [-0.39, 0.29) is 16.8 Å². The van der Waals surface area contributed by atoms with Gasteiger partial charge in [-0.3, -0.25) is 9.89 Å². The van der Waals surface area contributed by atoms with Crippen LogP contribution in [0, 0.1) is 0 Å². The van der Waals surface area contributed by atoms with Crippen LogP contribution < -0.4 is 5.32 Å². The molecule has 0 saturated carbocycles. The highest BCUT2D eigenvalue weighted by atomic mass is 19.4. The Hall–Kier alpha value is -3.37. The highest BCUT2D eigenvalue weighted by Crippen LogP contribution is 2.28. The number of carbonyl (C=O) groups is 3. The first kappa shape index (κ1) is 19.0. The molecule has 0 atom stereocenters. The van der Waals surface area contributed by atoms with Gasteiger partial charge < -0.3 is 14.8 Å². The van der Waals surface area contributed by atoms with E-state index in [9.17, 15) is 27.6 Å². The van der Waals surface area contributed by atoms with Crippen molar-refractivity contribution in [3.63, 3.8) is 0 Å². The predicted octanol–water partition coefficient (Wildman–Crippen LogP) is 2.25. The van der Waals surface area contributed by atoms with Crippen LogP contribution in [0.5, 0.6) is 0 Å². The number of esters is 2. The Morgan fingerprint density at radius 2 is 1.54 bits per heavy atom. The summed E-state index contributed by atoms with van der Waals surface area (Å²) in [6.45, 7) is 0. The summed E-state index contributed by atoms with van der Waals surface area (Å²) < 4.78 is 46.7. The van der Waals surface area contributed by atoms with Crippen molar-refractivity contribution in [2.45, 2.75) is 6.18 Å². The number of methoxy groups -OCH3 is 2. The lowest BCUT2D eigenvalue weighted by Gasteiger charge is -2.08. The zero-order valence-corrected chi connectivity index (χ0v) is 13.4. The molecule has 0 unspecified atom stereocenters. The van der Waals surface area contributed by atoms with Gasteiger partial charge in [-0.15, -0.1) is 0 Å². The van der Waals surface area contributed by atoms with Gasteiger partial charge in [0.25, 0.3) is 5.91 Å². The third kappa shape index (κ3) is 4.18. The molecule has 0 radical (unpaired) electrons. The van der Waals surface area contributed by atoms with Crippen molar-refractivity contribution in [2.75, 3.05) is 19.5 Å². The smallest absolute Gasteiger partial charge is 0.432 e. The summed E-state index contributed by atoms with van der Waals surface area (Å²) in [5.41, 5.74) is -1.89. The monoisotopic (exact) mass is 371 g/mol. The Labute approximate surface area is 144 Å². The molecular weight excluding hydrogens is 359 g/mol. The Balaban J connectivity index is 2.32. The maximum absolute atomic E-state index is 12.5. The number of hydrogen-bond donors (Lipinski definition) is 2. The van der Waals surface area contributed by atoms with Crippen molar-refractivity contribution < 1.29 is 37.0 Å².